The maximum absolute atomic E-state index is 13.2. The lowest BCUT2D eigenvalue weighted by molar-refractivity contribution is -0.137. The van der Waals surface area contributed by atoms with Crippen LogP contribution in [0.4, 0.5) is 18.9 Å². The quantitative estimate of drug-likeness (QED) is 0.613. The third-order valence-electron chi connectivity index (χ3n) is 4.43. The third kappa shape index (κ3) is 3.78. The number of anilines is 1. The van der Waals surface area contributed by atoms with Gasteiger partial charge in [-0.05, 0) is 51.1 Å². The van der Waals surface area contributed by atoms with Crippen molar-refractivity contribution in [1.29, 1.82) is 0 Å². The van der Waals surface area contributed by atoms with Crippen LogP contribution in [0.15, 0.2) is 60.8 Å². The normalized spacial score (nSPS) is 11.7. The monoisotopic (exact) mass is 387 g/mol. The van der Waals surface area contributed by atoms with Gasteiger partial charge in [-0.2, -0.15) is 18.3 Å². The summed E-state index contributed by atoms with van der Waals surface area (Å²) in [5.41, 5.74) is 1.05. The Kier molecular flexibility index (Phi) is 5.27. The lowest BCUT2D eigenvalue weighted by Gasteiger charge is -2.26. The van der Waals surface area contributed by atoms with Crippen LogP contribution in [0, 0.1) is 6.92 Å². The minimum absolute atomic E-state index is 0.105. The highest BCUT2D eigenvalue weighted by molar-refractivity contribution is 6.07. The lowest BCUT2D eigenvalue weighted by atomic mass is 10.1. The molecule has 0 atom stereocenters. The molecule has 0 bridgehead atoms. The number of amides is 1. The molecular formula is C21H20F3N3O. The van der Waals surface area contributed by atoms with Crippen molar-refractivity contribution in [3.05, 3.63) is 77.6 Å². The maximum Gasteiger partial charge on any atom is 0.416 e. The predicted molar refractivity (Wildman–Crippen MR) is 102 cm³/mol. The van der Waals surface area contributed by atoms with Gasteiger partial charge in [0.1, 0.15) is 0 Å². The smallest absolute Gasteiger partial charge is 0.306 e. The van der Waals surface area contributed by atoms with Gasteiger partial charge in [-0.1, -0.05) is 24.3 Å². The molecule has 0 saturated carbocycles. The zero-order chi connectivity index (χ0) is 20.5. The summed E-state index contributed by atoms with van der Waals surface area (Å²) in [6.45, 7) is 5.47. The number of para-hydroxylation sites is 1. The van der Waals surface area contributed by atoms with Crippen molar-refractivity contribution in [2.45, 2.75) is 33.0 Å². The van der Waals surface area contributed by atoms with Crippen LogP contribution in [0.5, 0.6) is 0 Å². The molecule has 0 aliphatic carbocycles. The molecule has 1 amide bonds. The molecule has 28 heavy (non-hydrogen) atoms. The van der Waals surface area contributed by atoms with Crippen molar-refractivity contribution in [3.63, 3.8) is 0 Å². The van der Waals surface area contributed by atoms with Crippen LogP contribution in [0.25, 0.3) is 5.69 Å². The topological polar surface area (TPSA) is 38.1 Å². The van der Waals surface area contributed by atoms with Crippen LogP contribution in [-0.2, 0) is 6.18 Å². The van der Waals surface area contributed by atoms with E-state index in [1.54, 1.807) is 11.8 Å². The van der Waals surface area contributed by atoms with Gasteiger partial charge in [0.25, 0.3) is 5.91 Å². The van der Waals surface area contributed by atoms with Gasteiger partial charge in [-0.3, -0.25) is 4.79 Å². The second-order valence-corrected chi connectivity index (χ2v) is 6.71. The second kappa shape index (κ2) is 7.50. The standard InChI is InChI=1S/C21H20F3N3O/c1-14(2)26(17-9-5-4-6-10-17)20(28)19-13-25-27(15(19)3)18-11-7-8-16(12-18)21(22,23)24/h4-14H,1-3H3. The molecule has 1 heterocycles. The van der Waals surface area contributed by atoms with Gasteiger partial charge < -0.3 is 4.90 Å². The fourth-order valence-corrected chi connectivity index (χ4v) is 3.06. The molecule has 0 radical (unpaired) electrons. The van der Waals surface area contributed by atoms with E-state index in [4.69, 9.17) is 0 Å². The zero-order valence-corrected chi connectivity index (χ0v) is 15.7. The molecule has 0 saturated heterocycles. The number of aromatic nitrogens is 2. The number of carbonyl (C=O) groups excluding carboxylic acids is 1. The van der Waals surface area contributed by atoms with Gasteiger partial charge in [-0.15, -0.1) is 0 Å². The van der Waals surface area contributed by atoms with Gasteiger partial charge in [0, 0.05) is 11.7 Å². The molecule has 0 aliphatic heterocycles. The molecule has 3 aromatic rings. The first-order valence-electron chi connectivity index (χ1n) is 8.81. The highest BCUT2D eigenvalue weighted by Gasteiger charge is 2.31. The van der Waals surface area contributed by atoms with Crippen LogP contribution < -0.4 is 4.90 Å². The molecule has 7 heteroatoms. The number of alkyl halides is 3. The van der Waals surface area contributed by atoms with Crippen LogP contribution in [0.3, 0.4) is 0 Å². The average Bonchev–Trinajstić information content (AvgIpc) is 3.03. The van der Waals surface area contributed by atoms with Crippen molar-refractivity contribution in [2.24, 2.45) is 0 Å². The van der Waals surface area contributed by atoms with Crippen LogP contribution in [0.2, 0.25) is 0 Å². The summed E-state index contributed by atoms with van der Waals surface area (Å²) in [6.07, 6.45) is -3.05. The molecule has 4 nitrogen and oxygen atoms in total. The molecule has 0 fully saturated rings. The molecule has 146 valence electrons. The van der Waals surface area contributed by atoms with E-state index in [1.165, 1.54) is 23.0 Å². The maximum atomic E-state index is 13.2. The number of hydrogen-bond donors (Lipinski definition) is 0. The summed E-state index contributed by atoms with van der Waals surface area (Å²) in [4.78, 5) is 14.8. The summed E-state index contributed by atoms with van der Waals surface area (Å²) in [5.74, 6) is -0.253. The fourth-order valence-electron chi connectivity index (χ4n) is 3.06. The highest BCUT2D eigenvalue weighted by atomic mass is 19.4. The SMILES string of the molecule is Cc1c(C(=O)N(c2ccccc2)C(C)C)cnn1-c1cccc(C(F)(F)F)c1. The minimum Gasteiger partial charge on any atom is -0.306 e. The summed E-state index contributed by atoms with van der Waals surface area (Å²) < 4.78 is 40.4. The Balaban J connectivity index is 2.00. The summed E-state index contributed by atoms with van der Waals surface area (Å²) in [5, 5.41) is 4.17. The number of carbonyl (C=O) groups is 1. The molecule has 2 aromatic carbocycles. The van der Waals surface area contributed by atoms with E-state index in [2.05, 4.69) is 5.10 Å². The Bertz CT molecular complexity index is 978. The third-order valence-corrected chi connectivity index (χ3v) is 4.43. The highest BCUT2D eigenvalue weighted by Crippen LogP contribution is 2.31. The summed E-state index contributed by atoms with van der Waals surface area (Å²) >= 11 is 0. The predicted octanol–water partition coefficient (Wildman–Crippen LogP) is 5.25. The van der Waals surface area contributed by atoms with E-state index in [0.29, 0.717) is 11.3 Å². The first kappa shape index (κ1) is 19.7. The van der Waals surface area contributed by atoms with Crippen LogP contribution in [-0.4, -0.2) is 21.7 Å². The van der Waals surface area contributed by atoms with E-state index in [9.17, 15) is 18.0 Å². The van der Waals surface area contributed by atoms with Gasteiger partial charge in [0.2, 0.25) is 0 Å². The van der Waals surface area contributed by atoms with E-state index >= 15 is 0 Å². The van der Waals surface area contributed by atoms with E-state index in [0.717, 1.165) is 17.8 Å². The number of nitrogens with zero attached hydrogens (tertiary/aromatic N) is 3. The van der Waals surface area contributed by atoms with E-state index < -0.39 is 11.7 Å². The molecule has 0 aliphatic rings. The van der Waals surface area contributed by atoms with Crippen LogP contribution in [0.1, 0.15) is 35.5 Å². The van der Waals surface area contributed by atoms with Gasteiger partial charge >= 0.3 is 6.18 Å². The number of halogens is 3. The van der Waals surface area contributed by atoms with Crippen LogP contribution >= 0.6 is 0 Å². The fraction of sp³-hybridized carbons (Fsp3) is 0.238. The number of hydrogen-bond acceptors (Lipinski definition) is 2. The summed E-state index contributed by atoms with van der Waals surface area (Å²) in [6, 6.07) is 14.0. The molecule has 1 aromatic heterocycles. The Morgan fingerprint density at radius 2 is 1.75 bits per heavy atom. The Hall–Kier alpha value is -3.09. The molecule has 0 spiro atoms. The molecule has 0 N–H and O–H groups in total. The molecule has 3 rings (SSSR count). The van der Waals surface area contributed by atoms with Gasteiger partial charge in [0.15, 0.2) is 0 Å². The average molecular weight is 387 g/mol. The first-order valence-corrected chi connectivity index (χ1v) is 8.81. The van der Waals surface area contributed by atoms with E-state index in [-0.39, 0.29) is 17.6 Å². The zero-order valence-electron chi connectivity index (χ0n) is 15.7. The number of rotatable bonds is 4. The molecule has 0 unspecified atom stereocenters. The van der Waals surface area contributed by atoms with Gasteiger partial charge in [0.05, 0.1) is 28.7 Å². The van der Waals surface area contributed by atoms with Crippen molar-refractivity contribution < 1.29 is 18.0 Å². The second-order valence-electron chi connectivity index (χ2n) is 6.71. The minimum atomic E-state index is -4.45. The van der Waals surface area contributed by atoms with Crippen molar-refractivity contribution >= 4 is 11.6 Å². The molecular weight excluding hydrogens is 367 g/mol. The van der Waals surface area contributed by atoms with Gasteiger partial charge in [-0.25, -0.2) is 4.68 Å². The lowest BCUT2D eigenvalue weighted by Crippen LogP contribution is -2.37. The number of benzene rings is 2. The Morgan fingerprint density at radius 3 is 2.36 bits per heavy atom. The Morgan fingerprint density at radius 1 is 1.07 bits per heavy atom. The largest absolute Gasteiger partial charge is 0.416 e. The van der Waals surface area contributed by atoms with Crippen molar-refractivity contribution in [2.75, 3.05) is 4.90 Å². The van der Waals surface area contributed by atoms with E-state index in [1.807, 2.05) is 44.2 Å². The Labute approximate surface area is 161 Å². The summed E-state index contributed by atoms with van der Waals surface area (Å²) in [7, 11) is 0. The first-order chi connectivity index (χ1) is 13.2. The van der Waals surface area contributed by atoms with Crippen molar-refractivity contribution in [3.8, 4) is 5.69 Å². The van der Waals surface area contributed by atoms with Crippen molar-refractivity contribution in [1.82, 2.24) is 9.78 Å².